The first-order valence-corrected chi connectivity index (χ1v) is 27.4. The first kappa shape index (κ1) is 73.1. The molecule has 0 radical (unpaired) electrons. The van der Waals surface area contributed by atoms with Crippen molar-refractivity contribution in [1.82, 2.24) is 19.6 Å². The summed E-state index contributed by atoms with van der Waals surface area (Å²) in [6.45, 7) is 11.8. The van der Waals surface area contributed by atoms with Gasteiger partial charge in [0.15, 0.2) is 11.6 Å². The Morgan fingerprint density at radius 1 is 0.400 bits per heavy atom. The molecule has 0 amide bonds. The molecule has 2 fully saturated rings. The number of fused-ring (bicyclic) bond motifs is 4. The van der Waals surface area contributed by atoms with Gasteiger partial charge < -0.3 is 94.5 Å². The third-order valence-corrected chi connectivity index (χ3v) is 15.1. The van der Waals surface area contributed by atoms with Gasteiger partial charge in [-0.25, -0.2) is 0 Å². The number of aliphatic carboxylic acids is 8. The molecule has 23 nitrogen and oxygen atoms in total. The molecule has 4 aliphatic rings. The molecule has 85 heavy (non-hydrogen) atoms. The van der Waals surface area contributed by atoms with Crippen molar-refractivity contribution in [2.45, 2.75) is 58.4 Å². The monoisotopic (exact) mass is 1250 g/mol. The van der Waals surface area contributed by atoms with Crippen LogP contribution in [0.2, 0.25) is 10.0 Å². The highest BCUT2D eigenvalue weighted by atomic mass is 35.5. The van der Waals surface area contributed by atoms with Gasteiger partial charge in [0.1, 0.15) is 0 Å². The predicted molar refractivity (Wildman–Crippen MR) is 295 cm³/mol. The molecule has 0 saturated carbocycles. The summed E-state index contributed by atoms with van der Waals surface area (Å²) in [7, 11) is 4.36. The van der Waals surface area contributed by atoms with E-state index in [9.17, 15) is 88.8 Å². The lowest BCUT2D eigenvalue weighted by atomic mass is 9.95. The second-order valence-corrected chi connectivity index (χ2v) is 21.4. The van der Waals surface area contributed by atoms with Crippen LogP contribution < -0.4 is 40.9 Å². The Morgan fingerprint density at radius 2 is 0.647 bits per heavy atom. The third-order valence-electron chi connectivity index (χ3n) is 12.2. The molecule has 4 heterocycles. The van der Waals surface area contributed by atoms with Crippen LogP contribution in [0, 0.1) is 0 Å². The van der Waals surface area contributed by atoms with Crippen molar-refractivity contribution in [3.63, 3.8) is 0 Å². The van der Waals surface area contributed by atoms with E-state index in [1.165, 1.54) is 41.8 Å². The first-order chi connectivity index (χ1) is 39.5. The molecular formula is C58H56Cl2N4O19S2-8. The van der Waals surface area contributed by atoms with Crippen molar-refractivity contribution < 1.29 is 94.3 Å². The van der Waals surface area contributed by atoms with E-state index < -0.39 is 47.8 Å². The molecule has 2 unspecified atom stereocenters. The Kier molecular flexibility index (Phi) is 31.5. The lowest BCUT2D eigenvalue weighted by molar-refractivity contribution is -0.301. The van der Waals surface area contributed by atoms with E-state index in [2.05, 4.69) is 82.2 Å². The van der Waals surface area contributed by atoms with Crippen LogP contribution in [0.5, 0.6) is 0 Å². The van der Waals surface area contributed by atoms with Gasteiger partial charge in [0, 0.05) is 105 Å². The van der Waals surface area contributed by atoms with Crippen LogP contribution in [0.1, 0.15) is 68.9 Å². The average Bonchev–Trinajstić information content (AvgIpc) is 1.97. The molecule has 0 aliphatic carbocycles. The summed E-state index contributed by atoms with van der Waals surface area (Å²) in [5.41, 5.74) is 6.74. The normalized spacial score (nSPS) is 16.4. The van der Waals surface area contributed by atoms with E-state index in [4.69, 9.17) is 23.2 Å². The standard InChI is InChI=1S/2C21H23ClN2OS.4C4H4O4.H2O/c2*1-14(25)15-3-5-20-16(11-15)12-19(24-9-7-23(2)8-10-24)18-13-17(22)4-6-21(18)26-20;4*5-3(6)1-2-4(7)8;/h2*3-6,11,13,19H,7-10,12H2,1-2H3;4*1-2H,(H,5,6)(H,7,8);1H2/p-8/b;;4*2-1-;. The number of benzene rings is 4. The van der Waals surface area contributed by atoms with Crippen LogP contribution in [0.3, 0.4) is 0 Å². The highest BCUT2D eigenvalue weighted by Crippen LogP contribution is 2.46. The number of hydrogen-bond acceptors (Lipinski definition) is 24. The van der Waals surface area contributed by atoms with E-state index in [1.54, 1.807) is 37.4 Å². The Balaban J connectivity index is 0.000000386. The molecule has 0 bridgehead atoms. The topological polar surface area (TPSA) is 400 Å². The van der Waals surface area contributed by atoms with E-state index in [1.807, 2.05) is 24.3 Å². The Labute approximate surface area is 507 Å². The summed E-state index contributed by atoms with van der Waals surface area (Å²) in [5.74, 6) is -12.1. The molecular weight excluding hydrogens is 1190 g/mol. The lowest BCUT2D eigenvalue weighted by Gasteiger charge is -2.38. The lowest BCUT2D eigenvalue weighted by Crippen LogP contribution is -2.46. The smallest absolute Gasteiger partial charge is 0.159 e. The Bertz CT molecular complexity index is 2850. The van der Waals surface area contributed by atoms with Crippen molar-refractivity contribution in [3.05, 3.63) is 165 Å². The van der Waals surface area contributed by atoms with Gasteiger partial charge in [-0.2, -0.15) is 0 Å². The average molecular weight is 1250 g/mol. The van der Waals surface area contributed by atoms with Gasteiger partial charge in [-0.3, -0.25) is 19.4 Å². The van der Waals surface area contributed by atoms with Gasteiger partial charge >= 0.3 is 0 Å². The molecule has 2 N–H and O–H groups in total. The number of hydrogen-bond donors (Lipinski definition) is 0. The van der Waals surface area contributed by atoms with Gasteiger partial charge in [-0.05, 0) is 172 Å². The fourth-order valence-electron chi connectivity index (χ4n) is 8.20. The van der Waals surface area contributed by atoms with Crippen LogP contribution in [-0.4, -0.2) is 151 Å². The van der Waals surface area contributed by atoms with Gasteiger partial charge in [-0.1, -0.05) is 58.9 Å². The van der Waals surface area contributed by atoms with Crippen molar-refractivity contribution in [2.75, 3.05) is 66.5 Å². The second kappa shape index (κ2) is 36.7. The van der Waals surface area contributed by atoms with Gasteiger partial charge in [0.25, 0.3) is 0 Å². The number of carbonyl (C=O) groups excluding carboxylic acids is 10. The number of Topliss-reactive ketones (excluding diaryl/α,β-unsaturated/α-hetero) is 2. The zero-order valence-corrected chi connectivity index (χ0v) is 49.1. The number of halogens is 2. The van der Waals surface area contributed by atoms with Gasteiger partial charge in [0.2, 0.25) is 0 Å². The summed E-state index contributed by atoms with van der Waals surface area (Å²) in [6.07, 6.45) is 4.91. The van der Waals surface area contributed by atoms with Crippen LogP contribution in [0.15, 0.2) is 141 Å². The molecule has 4 aliphatic heterocycles. The zero-order chi connectivity index (χ0) is 62.8. The number of piperazine rings is 2. The largest absolute Gasteiger partial charge is 0.545 e. The molecule has 0 spiro atoms. The number of carboxylic acid groups (broad SMARTS) is 8. The SMILES string of the molecule is CC(=O)c1ccc2c(c1)CC(N1CCN(C)CC1)c1cc(Cl)ccc1S2.CC(=O)c1ccc2c(c1)CC(N1CCN(C)CC1)c1cc(Cl)ccc1S2.O.O=C([O-])/C=C\C(=O)[O-].O=C([O-])/C=C\C(=O)[O-].O=C([O-])/C=C\C(=O)[O-].O=C([O-])/C=C\C(=O)[O-]. The molecule has 2 atom stereocenters. The summed E-state index contributed by atoms with van der Waals surface area (Å²) in [5, 5.41) is 76.9. The van der Waals surface area contributed by atoms with E-state index in [-0.39, 0.29) is 17.0 Å². The molecule has 27 heteroatoms. The fourth-order valence-corrected chi connectivity index (χ4v) is 10.7. The number of carboxylic acids is 8. The molecule has 456 valence electrons. The maximum atomic E-state index is 11.9. The highest BCUT2D eigenvalue weighted by molar-refractivity contribution is 7.99. The Morgan fingerprint density at radius 3 is 0.882 bits per heavy atom. The van der Waals surface area contributed by atoms with Crippen LogP contribution >= 0.6 is 46.7 Å². The van der Waals surface area contributed by atoms with Gasteiger partial charge in [0.05, 0.1) is 47.8 Å². The summed E-state index contributed by atoms with van der Waals surface area (Å²) in [4.78, 5) is 114. The minimum atomic E-state index is -1.55. The Hall–Kier alpha value is -7.98. The van der Waals surface area contributed by atoms with Crippen molar-refractivity contribution in [3.8, 4) is 0 Å². The van der Waals surface area contributed by atoms with Crippen LogP contribution in [-0.2, 0) is 51.2 Å². The molecule has 2 saturated heterocycles. The van der Waals surface area contributed by atoms with Crippen molar-refractivity contribution >= 4 is 106 Å². The number of ketones is 2. The molecule has 4 aromatic carbocycles. The minimum absolute atomic E-state index is 0. The summed E-state index contributed by atoms with van der Waals surface area (Å²) < 4.78 is 0. The number of rotatable bonds is 12. The summed E-state index contributed by atoms with van der Waals surface area (Å²) in [6, 6.07) is 25.3. The van der Waals surface area contributed by atoms with E-state index in [0.717, 1.165) is 86.4 Å². The zero-order valence-electron chi connectivity index (χ0n) is 46.0. The third kappa shape index (κ3) is 27.1. The number of likely N-dealkylation sites (N-methyl/N-ethyl adjacent to an activating group) is 2. The second-order valence-electron chi connectivity index (χ2n) is 18.3. The minimum Gasteiger partial charge on any atom is -0.545 e. The van der Waals surface area contributed by atoms with Crippen molar-refractivity contribution in [1.29, 1.82) is 0 Å². The highest BCUT2D eigenvalue weighted by Gasteiger charge is 2.32. The van der Waals surface area contributed by atoms with E-state index in [0.29, 0.717) is 60.7 Å². The molecule has 4 aromatic rings. The van der Waals surface area contributed by atoms with Crippen LogP contribution in [0.4, 0.5) is 0 Å². The quantitative estimate of drug-likeness (QED) is 0.0977. The van der Waals surface area contributed by atoms with E-state index >= 15 is 0 Å². The molecule has 0 aromatic heterocycles. The number of carbonyl (C=O) groups is 10. The molecule has 8 rings (SSSR count). The maximum Gasteiger partial charge on any atom is 0.159 e. The first-order valence-electron chi connectivity index (χ1n) is 25.0. The fraction of sp³-hybridized carbons (Fsp3) is 0.276. The number of nitrogens with zero attached hydrogens (tertiary/aromatic N) is 4. The van der Waals surface area contributed by atoms with Gasteiger partial charge in [-0.15, -0.1) is 0 Å². The predicted octanol–water partition coefficient (Wildman–Crippen LogP) is -3.58. The summed E-state index contributed by atoms with van der Waals surface area (Å²) >= 11 is 16.3. The van der Waals surface area contributed by atoms with Crippen LogP contribution in [0.25, 0.3) is 0 Å². The maximum absolute atomic E-state index is 11.9. The van der Waals surface area contributed by atoms with Crippen molar-refractivity contribution in [2.24, 2.45) is 0 Å².